The number of amides is 1. The highest BCUT2D eigenvalue weighted by atomic mass is 32.2. The van der Waals surface area contributed by atoms with Crippen LogP contribution < -0.4 is 5.32 Å². The van der Waals surface area contributed by atoms with Crippen molar-refractivity contribution in [1.29, 1.82) is 0 Å². The van der Waals surface area contributed by atoms with E-state index in [-0.39, 0.29) is 28.4 Å². The van der Waals surface area contributed by atoms with Crippen molar-refractivity contribution < 1.29 is 17.6 Å². The smallest absolute Gasteiger partial charge is 0.256 e. The molecule has 2 heterocycles. The SMILES string of the molecule is CC1NCCN(S(=O)(=O)c2ccc(C(=O)N3CCCC3)c(F)c2)C1C. The number of carbonyl (C=O) groups is 1. The summed E-state index contributed by atoms with van der Waals surface area (Å²) < 4.78 is 41.6. The van der Waals surface area contributed by atoms with E-state index in [0.717, 1.165) is 18.9 Å². The number of nitrogens with zero attached hydrogens (tertiary/aromatic N) is 2. The van der Waals surface area contributed by atoms with Crippen molar-refractivity contribution in [2.75, 3.05) is 26.2 Å². The van der Waals surface area contributed by atoms with Gasteiger partial charge in [-0.3, -0.25) is 4.79 Å². The number of likely N-dealkylation sites (tertiary alicyclic amines) is 1. The Bertz CT molecular complexity index is 762. The number of piperazine rings is 1. The lowest BCUT2D eigenvalue weighted by Gasteiger charge is -2.37. The van der Waals surface area contributed by atoms with Gasteiger partial charge in [0.1, 0.15) is 5.82 Å². The van der Waals surface area contributed by atoms with Crippen LogP contribution in [0.4, 0.5) is 4.39 Å². The number of hydrogen-bond acceptors (Lipinski definition) is 4. The summed E-state index contributed by atoms with van der Waals surface area (Å²) in [6.07, 6.45) is 1.83. The van der Waals surface area contributed by atoms with E-state index in [1.54, 1.807) is 4.90 Å². The number of nitrogens with one attached hydrogen (secondary N) is 1. The van der Waals surface area contributed by atoms with Crippen LogP contribution in [-0.2, 0) is 10.0 Å². The molecule has 138 valence electrons. The van der Waals surface area contributed by atoms with Gasteiger partial charge in [-0.25, -0.2) is 12.8 Å². The Morgan fingerprint density at radius 2 is 1.88 bits per heavy atom. The van der Waals surface area contributed by atoms with Gasteiger partial charge in [-0.2, -0.15) is 4.31 Å². The second kappa shape index (κ2) is 7.01. The topological polar surface area (TPSA) is 69.7 Å². The van der Waals surface area contributed by atoms with Gasteiger partial charge in [0.25, 0.3) is 5.91 Å². The van der Waals surface area contributed by atoms with E-state index in [9.17, 15) is 17.6 Å². The van der Waals surface area contributed by atoms with Crippen molar-refractivity contribution in [2.24, 2.45) is 0 Å². The monoisotopic (exact) mass is 369 g/mol. The van der Waals surface area contributed by atoms with E-state index in [1.807, 2.05) is 13.8 Å². The maximum atomic E-state index is 14.5. The van der Waals surface area contributed by atoms with E-state index in [4.69, 9.17) is 0 Å². The maximum Gasteiger partial charge on any atom is 0.256 e. The Balaban J connectivity index is 1.87. The van der Waals surface area contributed by atoms with Crippen molar-refractivity contribution >= 4 is 15.9 Å². The van der Waals surface area contributed by atoms with E-state index in [2.05, 4.69) is 5.32 Å². The number of halogens is 1. The summed E-state index contributed by atoms with van der Waals surface area (Å²) in [6, 6.07) is 3.38. The van der Waals surface area contributed by atoms with Gasteiger partial charge in [0.15, 0.2) is 0 Å². The predicted octanol–water partition coefficient (Wildman–Crippen LogP) is 1.43. The Hall–Kier alpha value is -1.51. The number of sulfonamides is 1. The summed E-state index contributed by atoms with van der Waals surface area (Å²) >= 11 is 0. The molecule has 2 unspecified atom stereocenters. The van der Waals surface area contributed by atoms with Crippen molar-refractivity contribution in [2.45, 2.75) is 43.7 Å². The fourth-order valence-corrected chi connectivity index (χ4v) is 5.14. The molecule has 2 aliphatic heterocycles. The third-order valence-electron chi connectivity index (χ3n) is 5.15. The molecule has 1 amide bonds. The van der Waals surface area contributed by atoms with Gasteiger partial charge in [-0.15, -0.1) is 0 Å². The highest BCUT2D eigenvalue weighted by Gasteiger charge is 2.35. The molecule has 0 radical (unpaired) electrons. The lowest BCUT2D eigenvalue weighted by atomic mass is 10.1. The number of benzene rings is 1. The minimum absolute atomic E-state index is 0.0180. The normalized spacial score (nSPS) is 25.3. The first-order valence-electron chi connectivity index (χ1n) is 8.66. The van der Waals surface area contributed by atoms with Crippen LogP contribution in [-0.4, -0.2) is 61.8 Å². The summed E-state index contributed by atoms with van der Waals surface area (Å²) in [4.78, 5) is 13.8. The summed E-state index contributed by atoms with van der Waals surface area (Å²) in [5.41, 5.74) is -0.0671. The molecule has 1 aromatic carbocycles. The zero-order valence-electron chi connectivity index (χ0n) is 14.5. The van der Waals surface area contributed by atoms with E-state index >= 15 is 0 Å². The van der Waals surface area contributed by atoms with Crippen molar-refractivity contribution in [1.82, 2.24) is 14.5 Å². The zero-order chi connectivity index (χ0) is 18.2. The summed E-state index contributed by atoms with van der Waals surface area (Å²) in [6.45, 7) is 5.88. The van der Waals surface area contributed by atoms with Gasteiger partial charge < -0.3 is 10.2 Å². The highest BCUT2D eigenvalue weighted by molar-refractivity contribution is 7.89. The molecule has 1 aromatic rings. The Morgan fingerprint density at radius 3 is 2.52 bits per heavy atom. The first-order chi connectivity index (χ1) is 11.8. The second-order valence-electron chi connectivity index (χ2n) is 6.74. The highest BCUT2D eigenvalue weighted by Crippen LogP contribution is 2.24. The van der Waals surface area contributed by atoms with E-state index in [1.165, 1.54) is 16.4 Å². The number of rotatable bonds is 3. The summed E-state index contributed by atoms with van der Waals surface area (Å²) in [5, 5.41) is 3.22. The standard InChI is InChI=1S/C17H24FN3O3S/c1-12-13(2)21(10-7-19-12)25(23,24)14-5-6-15(16(18)11-14)17(22)20-8-3-4-9-20/h5-6,11-13,19H,3-4,7-10H2,1-2H3. The first kappa shape index (κ1) is 18.3. The van der Waals surface area contributed by atoms with Crippen LogP contribution in [0.1, 0.15) is 37.0 Å². The summed E-state index contributed by atoms with van der Waals surface area (Å²) in [7, 11) is -3.80. The zero-order valence-corrected chi connectivity index (χ0v) is 15.4. The molecule has 2 atom stereocenters. The average Bonchev–Trinajstić information content (AvgIpc) is 3.11. The van der Waals surface area contributed by atoms with Gasteiger partial charge in [0.05, 0.1) is 10.5 Å². The minimum Gasteiger partial charge on any atom is -0.339 e. The van der Waals surface area contributed by atoms with Crippen LogP contribution in [0, 0.1) is 5.82 Å². The summed E-state index contributed by atoms with van der Waals surface area (Å²) in [5.74, 6) is -1.16. The quantitative estimate of drug-likeness (QED) is 0.875. The van der Waals surface area contributed by atoms with E-state index in [0.29, 0.717) is 26.2 Å². The average molecular weight is 369 g/mol. The predicted molar refractivity (Wildman–Crippen MR) is 92.4 cm³/mol. The van der Waals surface area contributed by atoms with Crippen LogP contribution >= 0.6 is 0 Å². The molecule has 0 spiro atoms. The lowest BCUT2D eigenvalue weighted by molar-refractivity contribution is 0.0788. The molecular formula is C17H24FN3O3S. The van der Waals surface area contributed by atoms with Crippen molar-refractivity contribution in [3.8, 4) is 0 Å². The Labute approximate surface area is 148 Å². The lowest BCUT2D eigenvalue weighted by Crippen LogP contribution is -2.57. The van der Waals surface area contributed by atoms with Gasteiger partial charge in [0, 0.05) is 38.3 Å². The van der Waals surface area contributed by atoms with Gasteiger partial charge in [-0.1, -0.05) is 0 Å². The second-order valence-corrected chi connectivity index (χ2v) is 8.63. The van der Waals surface area contributed by atoms with Crippen molar-refractivity contribution in [3.05, 3.63) is 29.6 Å². The maximum absolute atomic E-state index is 14.5. The van der Waals surface area contributed by atoms with Crippen LogP contribution in [0.5, 0.6) is 0 Å². The Morgan fingerprint density at radius 1 is 1.20 bits per heavy atom. The molecule has 6 nitrogen and oxygen atoms in total. The fraction of sp³-hybridized carbons (Fsp3) is 0.588. The van der Waals surface area contributed by atoms with Gasteiger partial charge in [0.2, 0.25) is 10.0 Å². The fourth-order valence-electron chi connectivity index (χ4n) is 3.42. The number of carbonyl (C=O) groups excluding carboxylic acids is 1. The third kappa shape index (κ3) is 3.43. The molecule has 8 heteroatoms. The third-order valence-corrected chi connectivity index (χ3v) is 7.13. The molecule has 2 saturated heterocycles. The van der Waals surface area contributed by atoms with Gasteiger partial charge >= 0.3 is 0 Å². The van der Waals surface area contributed by atoms with Crippen LogP contribution in [0.2, 0.25) is 0 Å². The largest absolute Gasteiger partial charge is 0.339 e. The van der Waals surface area contributed by atoms with Crippen LogP contribution in [0.3, 0.4) is 0 Å². The molecule has 0 aliphatic carbocycles. The minimum atomic E-state index is -3.80. The number of hydrogen-bond donors (Lipinski definition) is 1. The molecule has 0 aromatic heterocycles. The molecule has 0 bridgehead atoms. The molecule has 1 N–H and O–H groups in total. The van der Waals surface area contributed by atoms with Crippen LogP contribution in [0.25, 0.3) is 0 Å². The van der Waals surface area contributed by atoms with E-state index < -0.39 is 15.8 Å². The van der Waals surface area contributed by atoms with Crippen LogP contribution in [0.15, 0.2) is 23.1 Å². The Kier molecular flexibility index (Phi) is 5.13. The molecule has 0 saturated carbocycles. The molecule has 25 heavy (non-hydrogen) atoms. The van der Waals surface area contributed by atoms with Gasteiger partial charge in [-0.05, 0) is 44.9 Å². The molecular weight excluding hydrogens is 345 g/mol. The molecule has 3 rings (SSSR count). The molecule has 2 aliphatic rings. The first-order valence-corrected chi connectivity index (χ1v) is 10.1. The van der Waals surface area contributed by atoms with Crippen molar-refractivity contribution in [3.63, 3.8) is 0 Å². The molecule has 2 fully saturated rings.